The van der Waals surface area contributed by atoms with Crippen molar-refractivity contribution in [2.24, 2.45) is 11.8 Å². The van der Waals surface area contributed by atoms with Crippen LogP contribution < -0.4 is 5.32 Å². The number of rotatable bonds is 5. The third kappa shape index (κ3) is 3.95. The first-order valence-corrected chi connectivity index (χ1v) is 8.71. The third-order valence-corrected chi connectivity index (χ3v) is 5.49. The van der Waals surface area contributed by atoms with Crippen LogP contribution in [0.3, 0.4) is 0 Å². The van der Waals surface area contributed by atoms with Crippen molar-refractivity contribution in [2.45, 2.75) is 83.3 Å². The largest absolute Gasteiger partial charge is 0.310 e. The maximum Gasteiger partial charge on any atom is 0.0200 e. The standard InChI is InChI=1S/C17H32N2/c1-13(2)19-11-15(9-14-7-8-14)10-17(12-19)18-16-5-3-4-6-16/h13-18H,3-12H2,1-2H3. The fraction of sp³-hybridized carbons (Fsp3) is 1.00. The zero-order chi connectivity index (χ0) is 13.2. The molecule has 0 amide bonds. The zero-order valence-electron chi connectivity index (χ0n) is 12.9. The number of likely N-dealkylation sites (tertiary alicyclic amines) is 1. The highest BCUT2D eigenvalue weighted by Crippen LogP contribution is 2.38. The summed E-state index contributed by atoms with van der Waals surface area (Å²) in [7, 11) is 0. The summed E-state index contributed by atoms with van der Waals surface area (Å²) < 4.78 is 0. The summed E-state index contributed by atoms with van der Waals surface area (Å²) >= 11 is 0. The molecule has 110 valence electrons. The van der Waals surface area contributed by atoms with E-state index in [1.165, 1.54) is 64.5 Å². The van der Waals surface area contributed by atoms with Crippen LogP contribution in [0.25, 0.3) is 0 Å². The first kappa shape index (κ1) is 13.9. The highest BCUT2D eigenvalue weighted by molar-refractivity contribution is 4.90. The fourth-order valence-corrected chi connectivity index (χ4v) is 4.20. The smallest absolute Gasteiger partial charge is 0.0200 e. The van der Waals surface area contributed by atoms with E-state index in [1.807, 2.05) is 0 Å². The molecule has 0 radical (unpaired) electrons. The molecular weight excluding hydrogens is 232 g/mol. The second-order valence-corrected chi connectivity index (χ2v) is 7.67. The van der Waals surface area contributed by atoms with E-state index in [9.17, 15) is 0 Å². The minimum absolute atomic E-state index is 0.717. The van der Waals surface area contributed by atoms with E-state index < -0.39 is 0 Å². The monoisotopic (exact) mass is 264 g/mol. The van der Waals surface area contributed by atoms with Crippen molar-refractivity contribution in [2.75, 3.05) is 13.1 Å². The highest BCUT2D eigenvalue weighted by atomic mass is 15.2. The van der Waals surface area contributed by atoms with Crippen LogP contribution in [-0.2, 0) is 0 Å². The molecule has 2 heteroatoms. The molecule has 1 heterocycles. The topological polar surface area (TPSA) is 15.3 Å². The summed E-state index contributed by atoms with van der Waals surface area (Å²) in [5.41, 5.74) is 0. The average Bonchev–Trinajstić information content (AvgIpc) is 3.03. The van der Waals surface area contributed by atoms with Gasteiger partial charge in [0.25, 0.3) is 0 Å². The van der Waals surface area contributed by atoms with Crippen molar-refractivity contribution in [3.05, 3.63) is 0 Å². The van der Waals surface area contributed by atoms with Gasteiger partial charge < -0.3 is 5.32 Å². The molecule has 2 aliphatic carbocycles. The Morgan fingerprint density at radius 3 is 2.32 bits per heavy atom. The van der Waals surface area contributed by atoms with E-state index in [-0.39, 0.29) is 0 Å². The van der Waals surface area contributed by atoms with Crippen LogP contribution in [0, 0.1) is 11.8 Å². The van der Waals surface area contributed by atoms with Gasteiger partial charge in [0.2, 0.25) is 0 Å². The van der Waals surface area contributed by atoms with Gasteiger partial charge in [-0.25, -0.2) is 0 Å². The van der Waals surface area contributed by atoms with Crippen LogP contribution in [0.1, 0.15) is 65.2 Å². The molecule has 3 fully saturated rings. The van der Waals surface area contributed by atoms with Crippen molar-refractivity contribution < 1.29 is 0 Å². The molecule has 1 aliphatic heterocycles. The minimum atomic E-state index is 0.717. The van der Waals surface area contributed by atoms with Gasteiger partial charge in [-0.1, -0.05) is 25.7 Å². The van der Waals surface area contributed by atoms with Gasteiger partial charge in [0.1, 0.15) is 0 Å². The number of nitrogens with one attached hydrogen (secondary N) is 1. The average molecular weight is 264 g/mol. The molecule has 1 N–H and O–H groups in total. The second kappa shape index (κ2) is 6.13. The summed E-state index contributed by atoms with van der Waals surface area (Å²) in [4.78, 5) is 2.73. The van der Waals surface area contributed by atoms with E-state index in [4.69, 9.17) is 0 Å². The Morgan fingerprint density at radius 2 is 1.68 bits per heavy atom. The minimum Gasteiger partial charge on any atom is -0.310 e. The molecule has 3 aliphatic rings. The number of nitrogens with zero attached hydrogens (tertiary/aromatic N) is 1. The Balaban J connectivity index is 1.54. The predicted octanol–water partition coefficient (Wildman–Crippen LogP) is 3.42. The lowest BCUT2D eigenvalue weighted by atomic mass is 9.88. The van der Waals surface area contributed by atoms with Crippen molar-refractivity contribution in [1.29, 1.82) is 0 Å². The molecule has 0 aromatic rings. The molecule has 2 nitrogen and oxygen atoms in total. The number of hydrogen-bond acceptors (Lipinski definition) is 2. The van der Waals surface area contributed by atoms with Crippen molar-refractivity contribution >= 4 is 0 Å². The first-order chi connectivity index (χ1) is 9.20. The summed E-state index contributed by atoms with van der Waals surface area (Å²) in [6, 6.07) is 2.32. The van der Waals surface area contributed by atoms with Crippen LogP contribution in [0.15, 0.2) is 0 Å². The maximum atomic E-state index is 3.98. The van der Waals surface area contributed by atoms with Crippen LogP contribution >= 0.6 is 0 Å². The Bertz CT molecular complexity index is 277. The summed E-state index contributed by atoms with van der Waals surface area (Å²) in [6.45, 7) is 7.38. The second-order valence-electron chi connectivity index (χ2n) is 7.67. The normalized spacial score (nSPS) is 34.3. The van der Waals surface area contributed by atoms with E-state index in [0.29, 0.717) is 0 Å². The van der Waals surface area contributed by atoms with Gasteiger partial charge in [-0.2, -0.15) is 0 Å². The lowest BCUT2D eigenvalue weighted by molar-refractivity contribution is 0.100. The highest BCUT2D eigenvalue weighted by Gasteiger charge is 2.33. The molecule has 3 rings (SSSR count). The molecule has 2 atom stereocenters. The maximum absolute atomic E-state index is 3.98. The van der Waals surface area contributed by atoms with Gasteiger partial charge in [-0.05, 0) is 51.4 Å². The molecule has 2 unspecified atom stereocenters. The van der Waals surface area contributed by atoms with E-state index in [0.717, 1.165) is 30.0 Å². The number of hydrogen-bond donors (Lipinski definition) is 1. The van der Waals surface area contributed by atoms with Crippen LogP contribution in [0.4, 0.5) is 0 Å². The molecule has 0 spiro atoms. The molecule has 1 saturated heterocycles. The van der Waals surface area contributed by atoms with Crippen LogP contribution in [0.5, 0.6) is 0 Å². The third-order valence-electron chi connectivity index (χ3n) is 5.49. The molecule has 0 aromatic heterocycles. The molecule has 19 heavy (non-hydrogen) atoms. The van der Waals surface area contributed by atoms with Gasteiger partial charge in [0.05, 0.1) is 0 Å². The predicted molar refractivity (Wildman–Crippen MR) is 81.3 cm³/mol. The molecule has 0 bridgehead atoms. The van der Waals surface area contributed by atoms with Gasteiger partial charge in [-0.3, -0.25) is 4.90 Å². The van der Waals surface area contributed by atoms with Crippen molar-refractivity contribution in [3.63, 3.8) is 0 Å². The van der Waals surface area contributed by atoms with Gasteiger partial charge >= 0.3 is 0 Å². The van der Waals surface area contributed by atoms with Crippen LogP contribution in [-0.4, -0.2) is 36.1 Å². The summed E-state index contributed by atoms with van der Waals surface area (Å²) in [6.07, 6.45) is 11.7. The van der Waals surface area contributed by atoms with Crippen molar-refractivity contribution in [3.8, 4) is 0 Å². The quantitative estimate of drug-likeness (QED) is 0.818. The van der Waals surface area contributed by atoms with Crippen LogP contribution in [0.2, 0.25) is 0 Å². The summed E-state index contributed by atoms with van der Waals surface area (Å²) in [5.74, 6) is 2.05. The lowest BCUT2D eigenvalue weighted by Crippen LogP contribution is -2.53. The number of piperidine rings is 1. The van der Waals surface area contributed by atoms with Gasteiger partial charge in [-0.15, -0.1) is 0 Å². The Hall–Kier alpha value is -0.0800. The van der Waals surface area contributed by atoms with Crippen molar-refractivity contribution in [1.82, 2.24) is 10.2 Å². The lowest BCUT2D eigenvalue weighted by Gasteiger charge is -2.41. The fourth-order valence-electron chi connectivity index (χ4n) is 4.20. The molecule has 0 aromatic carbocycles. The van der Waals surface area contributed by atoms with Gasteiger partial charge in [0.15, 0.2) is 0 Å². The van der Waals surface area contributed by atoms with E-state index in [1.54, 1.807) is 0 Å². The Labute approximate surface area is 119 Å². The molecule has 2 saturated carbocycles. The van der Waals surface area contributed by atoms with E-state index in [2.05, 4.69) is 24.1 Å². The Kier molecular flexibility index (Phi) is 4.48. The molecular formula is C17H32N2. The summed E-state index contributed by atoms with van der Waals surface area (Å²) in [5, 5.41) is 3.98. The SMILES string of the molecule is CC(C)N1CC(CC2CC2)CC(NC2CCCC2)C1. The van der Waals surface area contributed by atoms with Gasteiger partial charge in [0, 0.05) is 31.2 Å². The first-order valence-electron chi connectivity index (χ1n) is 8.71. The van der Waals surface area contributed by atoms with E-state index >= 15 is 0 Å². The zero-order valence-corrected chi connectivity index (χ0v) is 12.9. The Morgan fingerprint density at radius 1 is 0.947 bits per heavy atom.